The second kappa shape index (κ2) is 6.54. The summed E-state index contributed by atoms with van der Waals surface area (Å²) in [5.74, 6) is -0.0539. The number of alkyl halides is 1. The summed E-state index contributed by atoms with van der Waals surface area (Å²) in [6.07, 6.45) is 1.85. The van der Waals surface area contributed by atoms with Gasteiger partial charge in [0.05, 0.1) is 5.38 Å². The normalized spacial score (nSPS) is 12.2. The first kappa shape index (κ1) is 13.0. The van der Waals surface area contributed by atoms with Crippen molar-refractivity contribution in [2.75, 3.05) is 6.54 Å². The zero-order valence-electron chi connectivity index (χ0n) is 9.79. The third-order valence-corrected chi connectivity index (χ3v) is 3.01. The van der Waals surface area contributed by atoms with Crippen LogP contribution in [0, 0.1) is 0 Å². The number of amides is 1. The lowest BCUT2D eigenvalue weighted by atomic mass is 10.1. The zero-order chi connectivity index (χ0) is 12.0. The van der Waals surface area contributed by atoms with Crippen LogP contribution in [0.3, 0.4) is 0 Å². The van der Waals surface area contributed by atoms with Crippen molar-refractivity contribution in [1.29, 1.82) is 0 Å². The molecule has 1 amide bonds. The minimum Gasteiger partial charge on any atom is -0.351 e. The quantitative estimate of drug-likeness (QED) is 0.787. The van der Waals surface area contributed by atoms with Gasteiger partial charge in [-0.1, -0.05) is 26.0 Å². The third kappa shape index (κ3) is 3.86. The maximum absolute atomic E-state index is 11.7. The maximum atomic E-state index is 11.7. The number of nitrogens with one attached hydrogen (secondary N) is 1. The Balaban J connectivity index is 2.52. The molecule has 0 aliphatic rings. The number of benzene rings is 1. The van der Waals surface area contributed by atoms with E-state index in [1.165, 1.54) is 5.56 Å². The first-order valence-corrected chi connectivity index (χ1v) is 6.12. The van der Waals surface area contributed by atoms with E-state index in [2.05, 4.69) is 12.2 Å². The molecule has 0 radical (unpaired) electrons. The Morgan fingerprint density at radius 2 is 1.94 bits per heavy atom. The van der Waals surface area contributed by atoms with E-state index in [0.717, 1.165) is 12.8 Å². The molecule has 0 aliphatic heterocycles. The smallest absolute Gasteiger partial charge is 0.251 e. The number of aryl methyl sites for hydroxylation is 1. The van der Waals surface area contributed by atoms with Gasteiger partial charge in [0, 0.05) is 12.1 Å². The van der Waals surface area contributed by atoms with Crippen molar-refractivity contribution in [3.05, 3.63) is 35.4 Å². The Bertz CT molecular complexity index is 334. The van der Waals surface area contributed by atoms with Gasteiger partial charge in [-0.2, -0.15) is 0 Å². The van der Waals surface area contributed by atoms with Crippen LogP contribution >= 0.6 is 11.6 Å². The molecule has 1 rings (SSSR count). The molecule has 0 fully saturated rings. The average molecular weight is 240 g/mol. The summed E-state index contributed by atoms with van der Waals surface area (Å²) in [6.45, 7) is 4.61. The molecule has 0 spiro atoms. The van der Waals surface area contributed by atoms with Crippen molar-refractivity contribution in [1.82, 2.24) is 5.32 Å². The molecule has 2 nitrogen and oxygen atoms in total. The number of hydrogen-bond donors (Lipinski definition) is 1. The summed E-state index contributed by atoms with van der Waals surface area (Å²) >= 11 is 5.93. The molecule has 88 valence electrons. The number of hydrogen-bond acceptors (Lipinski definition) is 1. The molecule has 0 aliphatic carbocycles. The molecular formula is C13H18ClNO. The number of halogens is 1. The molecule has 16 heavy (non-hydrogen) atoms. The van der Waals surface area contributed by atoms with Crippen molar-refractivity contribution in [2.24, 2.45) is 0 Å². The predicted octanol–water partition coefficient (Wildman–Crippen LogP) is 3.00. The van der Waals surface area contributed by atoms with Crippen molar-refractivity contribution >= 4 is 17.5 Å². The van der Waals surface area contributed by atoms with Gasteiger partial charge in [0.2, 0.25) is 0 Å². The Morgan fingerprint density at radius 1 is 1.31 bits per heavy atom. The maximum Gasteiger partial charge on any atom is 0.251 e. The molecular weight excluding hydrogens is 222 g/mol. The monoisotopic (exact) mass is 239 g/mol. The van der Waals surface area contributed by atoms with Crippen LogP contribution in [-0.2, 0) is 6.42 Å². The zero-order valence-corrected chi connectivity index (χ0v) is 10.6. The fraction of sp³-hybridized carbons (Fsp3) is 0.462. The molecule has 1 atom stereocenters. The highest BCUT2D eigenvalue weighted by atomic mass is 35.5. The van der Waals surface area contributed by atoms with Crippen LogP contribution in [0.15, 0.2) is 24.3 Å². The second-order valence-corrected chi connectivity index (χ2v) is 4.38. The minimum absolute atomic E-state index is 0.0128. The standard InChI is InChI=1S/C13H18ClNO/c1-3-10-5-7-11(8-6-10)13(16)15-9-12(14)4-2/h5-8,12H,3-4,9H2,1-2H3,(H,15,16). The Kier molecular flexibility index (Phi) is 5.33. The molecule has 1 aromatic carbocycles. The fourth-order valence-corrected chi connectivity index (χ4v) is 1.42. The average Bonchev–Trinajstić information content (AvgIpc) is 2.35. The predicted molar refractivity (Wildman–Crippen MR) is 68.1 cm³/mol. The second-order valence-electron chi connectivity index (χ2n) is 3.77. The number of rotatable bonds is 5. The highest BCUT2D eigenvalue weighted by molar-refractivity contribution is 6.20. The lowest BCUT2D eigenvalue weighted by Gasteiger charge is -2.08. The molecule has 3 heteroatoms. The largest absolute Gasteiger partial charge is 0.351 e. The van der Waals surface area contributed by atoms with Crippen LogP contribution < -0.4 is 5.32 Å². The Hall–Kier alpha value is -1.02. The highest BCUT2D eigenvalue weighted by Crippen LogP contribution is 2.05. The van der Waals surface area contributed by atoms with Gasteiger partial charge in [-0.05, 0) is 30.5 Å². The summed E-state index contributed by atoms with van der Waals surface area (Å²) in [6, 6.07) is 7.66. The van der Waals surface area contributed by atoms with Crippen LogP contribution in [0.2, 0.25) is 0 Å². The van der Waals surface area contributed by atoms with Gasteiger partial charge in [0.1, 0.15) is 0 Å². The van der Waals surface area contributed by atoms with Crippen LogP contribution in [-0.4, -0.2) is 17.8 Å². The van der Waals surface area contributed by atoms with Gasteiger partial charge in [-0.3, -0.25) is 4.79 Å². The van der Waals surface area contributed by atoms with Gasteiger partial charge >= 0.3 is 0 Å². The Morgan fingerprint density at radius 3 is 2.44 bits per heavy atom. The number of carbonyl (C=O) groups excluding carboxylic acids is 1. The fourth-order valence-electron chi connectivity index (χ4n) is 1.34. The molecule has 0 heterocycles. The lowest BCUT2D eigenvalue weighted by Crippen LogP contribution is -2.29. The SMILES string of the molecule is CCc1ccc(C(=O)NCC(Cl)CC)cc1. The van der Waals surface area contributed by atoms with E-state index < -0.39 is 0 Å². The van der Waals surface area contributed by atoms with E-state index in [-0.39, 0.29) is 11.3 Å². The van der Waals surface area contributed by atoms with E-state index in [1.54, 1.807) is 0 Å². The molecule has 0 bridgehead atoms. The highest BCUT2D eigenvalue weighted by Gasteiger charge is 2.07. The van der Waals surface area contributed by atoms with E-state index >= 15 is 0 Å². The van der Waals surface area contributed by atoms with Gasteiger partial charge in [0.15, 0.2) is 0 Å². The van der Waals surface area contributed by atoms with Crippen LogP contribution in [0.1, 0.15) is 36.2 Å². The van der Waals surface area contributed by atoms with Gasteiger partial charge in [-0.15, -0.1) is 11.6 Å². The van der Waals surface area contributed by atoms with Crippen molar-refractivity contribution in [3.8, 4) is 0 Å². The number of carbonyl (C=O) groups is 1. The van der Waals surface area contributed by atoms with E-state index in [1.807, 2.05) is 31.2 Å². The van der Waals surface area contributed by atoms with Crippen molar-refractivity contribution in [3.63, 3.8) is 0 Å². The molecule has 0 saturated carbocycles. The molecule has 0 saturated heterocycles. The van der Waals surface area contributed by atoms with Gasteiger partial charge in [0.25, 0.3) is 5.91 Å². The van der Waals surface area contributed by atoms with Crippen LogP contribution in [0.5, 0.6) is 0 Å². The van der Waals surface area contributed by atoms with Crippen molar-refractivity contribution in [2.45, 2.75) is 32.1 Å². The molecule has 1 aromatic rings. The lowest BCUT2D eigenvalue weighted by molar-refractivity contribution is 0.0953. The summed E-state index contributed by atoms with van der Waals surface area (Å²) in [4.78, 5) is 11.7. The topological polar surface area (TPSA) is 29.1 Å². The van der Waals surface area contributed by atoms with E-state index in [4.69, 9.17) is 11.6 Å². The van der Waals surface area contributed by atoms with Gasteiger partial charge in [-0.25, -0.2) is 0 Å². The summed E-state index contributed by atoms with van der Waals surface area (Å²) in [5, 5.41) is 2.83. The molecule has 1 unspecified atom stereocenters. The Labute approximate surface area is 102 Å². The van der Waals surface area contributed by atoms with Gasteiger partial charge < -0.3 is 5.32 Å². The summed E-state index contributed by atoms with van der Waals surface area (Å²) < 4.78 is 0. The summed E-state index contributed by atoms with van der Waals surface area (Å²) in [5.41, 5.74) is 1.93. The minimum atomic E-state index is -0.0539. The third-order valence-electron chi connectivity index (χ3n) is 2.55. The van der Waals surface area contributed by atoms with Crippen LogP contribution in [0.25, 0.3) is 0 Å². The van der Waals surface area contributed by atoms with Crippen molar-refractivity contribution < 1.29 is 4.79 Å². The first-order valence-electron chi connectivity index (χ1n) is 5.68. The molecule has 0 aromatic heterocycles. The van der Waals surface area contributed by atoms with E-state index in [0.29, 0.717) is 12.1 Å². The van der Waals surface area contributed by atoms with Crippen LogP contribution in [0.4, 0.5) is 0 Å². The van der Waals surface area contributed by atoms with E-state index in [9.17, 15) is 4.79 Å². The first-order chi connectivity index (χ1) is 7.67. The summed E-state index contributed by atoms with van der Waals surface area (Å²) in [7, 11) is 0. The molecule has 1 N–H and O–H groups in total.